The Labute approximate surface area is 169 Å². The highest BCUT2D eigenvalue weighted by molar-refractivity contribution is 6.16. The van der Waals surface area contributed by atoms with Gasteiger partial charge in [0.25, 0.3) is 5.91 Å². The largest absolute Gasteiger partial charge is 0.503 e. The number of nitrogens with zero attached hydrogens (tertiary/aromatic N) is 1. The SMILES string of the molecule is CCC(=O)C1=C(O)C(=O)N(c2ccc(C(=O)OC(C)C)cc2)C1c1ccccc1. The molecule has 3 rings (SSSR count). The second-order valence-corrected chi connectivity index (χ2v) is 7.03. The first kappa shape index (κ1) is 20.3. The van der Waals surface area contributed by atoms with Crippen molar-refractivity contribution in [3.05, 3.63) is 77.1 Å². The van der Waals surface area contributed by atoms with Gasteiger partial charge in [-0.2, -0.15) is 0 Å². The van der Waals surface area contributed by atoms with Crippen LogP contribution in [0.5, 0.6) is 0 Å². The molecular formula is C23H23NO5. The Morgan fingerprint density at radius 3 is 2.24 bits per heavy atom. The number of ketones is 1. The van der Waals surface area contributed by atoms with E-state index in [1.807, 2.05) is 18.2 Å². The third kappa shape index (κ3) is 3.92. The average Bonchev–Trinajstić information content (AvgIpc) is 2.98. The molecule has 6 heteroatoms. The van der Waals surface area contributed by atoms with E-state index in [9.17, 15) is 19.5 Å². The lowest BCUT2D eigenvalue weighted by atomic mass is 9.95. The fourth-order valence-electron chi connectivity index (χ4n) is 3.34. The molecule has 0 saturated heterocycles. The number of amides is 1. The monoisotopic (exact) mass is 393 g/mol. The van der Waals surface area contributed by atoms with E-state index >= 15 is 0 Å². The standard InChI is InChI=1S/C23H23NO5/c1-4-18(25)19-20(15-8-6-5-7-9-15)24(22(27)21(19)26)17-12-10-16(11-13-17)23(28)29-14(2)3/h5-14,20,26H,4H2,1-3H3. The van der Waals surface area contributed by atoms with Crippen molar-refractivity contribution in [1.29, 1.82) is 0 Å². The van der Waals surface area contributed by atoms with Gasteiger partial charge in [0.2, 0.25) is 0 Å². The van der Waals surface area contributed by atoms with Crippen molar-refractivity contribution < 1.29 is 24.2 Å². The first-order chi connectivity index (χ1) is 13.8. The number of hydrogen-bond donors (Lipinski definition) is 1. The molecular weight excluding hydrogens is 370 g/mol. The van der Waals surface area contributed by atoms with Crippen molar-refractivity contribution in [2.24, 2.45) is 0 Å². The van der Waals surface area contributed by atoms with Crippen molar-refractivity contribution in [3.8, 4) is 0 Å². The van der Waals surface area contributed by atoms with Crippen LogP contribution in [0, 0.1) is 0 Å². The van der Waals surface area contributed by atoms with Gasteiger partial charge >= 0.3 is 5.97 Å². The average molecular weight is 393 g/mol. The van der Waals surface area contributed by atoms with Gasteiger partial charge in [0.15, 0.2) is 11.5 Å². The summed E-state index contributed by atoms with van der Waals surface area (Å²) in [5, 5.41) is 10.5. The number of carbonyl (C=O) groups is 3. The summed E-state index contributed by atoms with van der Waals surface area (Å²) < 4.78 is 5.18. The summed E-state index contributed by atoms with van der Waals surface area (Å²) in [5.41, 5.74) is 1.62. The van der Waals surface area contributed by atoms with Gasteiger partial charge in [-0.3, -0.25) is 14.5 Å². The Morgan fingerprint density at radius 1 is 1.07 bits per heavy atom. The molecule has 1 unspecified atom stereocenters. The summed E-state index contributed by atoms with van der Waals surface area (Å²) in [5.74, 6) is -1.92. The molecule has 0 bridgehead atoms. The van der Waals surface area contributed by atoms with Crippen molar-refractivity contribution in [3.63, 3.8) is 0 Å². The van der Waals surface area contributed by atoms with Crippen molar-refractivity contribution in [2.75, 3.05) is 4.90 Å². The van der Waals surface area contributed by atoms with Crippen LogP contribution in [0.25, 0.3) is 0 Å². The molecule has 29 heavy (non-hydrogen) atoms. The second-order valence-electron chi connectivity index (χ2n) is 7.03. The van der Waals surface area contributed by atoms with E-state index in [0.29, 0.717) is 16.8 Å². The number of ether oxygens (including phenoxy) is 1. The summed E-state index contributed by atoms with van der Waals surface area (Å²) >= 11 is 0. The summed E-state index contributed by atoms with van der Waals surface area (Å²) in [6.07, 6.45) is -0.0716. The summed E-state index contributed by atoms with van der Waals surface area (Å²) in [4.78, 5) is 38.8. The molecule has 1 N–H and O–H groups in total. The van der Waals surface area contributed by atoms with Gasteiger partial charge < -0.3 is 9.84 Å². The number of benzene rings is 2. The van der Waals surface area contributed by atoms with Gasteiger partial charge in [-0.15, -0.1) is 0 Å². The fraction of sp³-hybridized carbons (Fsp3) is 0.261. The van der Waals surface area contributed by atoms with Crippen LogP contribution in [0.3, 0.4) is 0 Å². The van der Waals surface area contributed by atoms with Gasteiger partial charge in [0, 0.05) is 12.1 Å². The quantitative estimate of drug-likeness (QED) is 0.746. The molecule has 6 nitrogen and oxygen atoms in total. The Kier molecular flexibility index (Phi) is 5.82. The van der Waals surface area contributed by atoms with Crippen LogP contribution in [-0.4, -0.2) is 28.9 Å². The molecule has 1 heterocycles. The maximum absolute atomic E-state index is 12.9. The molecule has 0 fully saturated rings. The number of aliphatic hydroxyl groups is 1. The third-order valence-electron chi connectivity index (χ3n) is 4.67. The highest BCUT2D eigenvalue weighted by Crippen LogP contribution is 2.41. The van der Waals surface area contributed by atoms with Gasteiger partial charge in [-0.1, -0.05) is 37.3 Å². The molecule has 150 valence electrons. The predicted octanol–water partition coefficient (Wildman–Crippen LogP) is 4.13. The van der Waals surface area contributed by atoms with Crippen molar-refractivity contribution in [1.82, 2.24) is 0 Å². The minimum atomic E-state index is -0.732. The maximum Gasteiger partial charge on any atom is 0.338 e. The molecule has 1 aliphatic rings. The summed E-state index contributed by atoms with van der Waals surface area (Å²) in [6.45, 7) is 5.22. The normalized spacial score (nSPS) is 16.5. The number of esters is 1. The van der Waals surface area contributed by atoms with E-state index in [-0.39, 0.29) is 23.9 Å². The number of anilines is 1. The van der Waals surface area contributed by atoms with Crippen LogP contribution >= 0.6 is 0 Å². The Balaban J connectivity index is 2.02. The lowest BCUT2D eigenvalue weighted by Gasteiger charge is -2.27. The minimum absolute atomic E-state index is 0.0898. The zero-order valence-electron chi connectivity index (χ0n) is 16.6. The molecule has 0 spiro atoms. The van der Waals surface area contributed by atoms with Crippen LogP contribution in [-0.2, 0) is 14.3 Å². The summed E-state index contributed by atoms with van der Waals surface area (Å²) in [7, 11) is 0. The first-order valence-electron chi connectivity index (χ1n) is 9.51. The maximum atomic E-state index is 12.9. The van der Waals surface area contributed by atoms with Crippen LogP contribution in [0.4, 0.5) is 5.69 Å². The predicted molar refractivity (Wildman–Crippen MR) is 109 cm³/mol. The Bertz CT molecular complexity index is 961. The molecule has 1 atom stereocenters. The molecule has 0 aliphatic carbocycles. The first-order valence-corrected chi connectivity index (χ1v) is 9.51. The second kappa shape index (κ2) is 8.31. The summed E-state index contributed by atoms with van der Waals surface area (Å²) in [6, 6.07) is 14.7. The van der Waals surface area contributed by atoms with E-state index < -0.39 is 23.7 Å². The number of Topliss-reactive ketones (excluding diaryl/α,β-unsaturated/α-hetero) is 1. The lowest BCUT2D eigenvalue weighted by Crippen LogP contribution is -2.31. The van der Waals surface area contributed by atoms with Crippen molar-refractivity contribution in [2.45, 2.75) is 39.3 Å². The Morgan fingerprint density at radius 2 is 1.69 bits per heavy atom. The lowest BCUT2D eigenvalue weighted by molar-refractivity contribution is -0.118. The van der Waals surface area contributed by atoms with Crippen molar-refractivity contribution >= 4 is 23.3 Å². The number of hydrogen-bond acceptors (Lipinski definition) is 5. The van der Waals surface area contributed by atoms with E-state index in [2.05, 4.69) is 0 Å². The molecule has 1 amide bonds. The molecule has 0 radical (unpaired) electrons. The van der Waals surface area contributed by atoms with E-state index in [0.717, 1.165) is 0 Å². The zero-order chi connectivity index (χ0) is 21.1. The van der Waals surface area contributed by atoms with Gasteiger partial charge in [-0.05, 0) is 43.7 Å². The fourth-order valence-corrected chi connectivity index (χ4v) is 3.34. The Hall–Kier alpha value is -3.41. The van der Waals surface area contributed by atoms with Crippen LogP contribution in [0.1, 0.15) is 49.2 Å². The van der Waals surface area contributed by atoms with E-state index in [1.54, 1.807) is 57.2 Å². The number of rotatable bonds is 6. The molecule has 2 aromatic rings. The molecule has 0 saturated carbocycles. The van der Waals surface area contributed by atoms with Gasteiger partial charge in [0.1, 0.15) is 0 Å². The number of aliphatic hydroxyl groups excluding tert-OH is 1. The zero-order valence-corrected chi connectivity index (χ0v) is 16.6. The van der Waals surface area contributed by atoms with E-state index in [4.69, 9.17) is 4.74 Å². The van der Waals surface area contributed by atoms with Crippen LogP contribution in [0.15, 0.2) is 65.9 Å². The molecule has 1 aliphatic heterocycles. The topological polar surface area (TPSA) is 83.9 Å². The van der Waals surface area contributed by atoms with Crippen LogP contribution in [0.2, 0.25) is 0 Å². The highest BCUT2D eigenvalue weighted by Gasteiger charge is 2.43. The minimum Gasteiger partial charge on any atom is -0.503 e. The van der Waals surface area contributed by atoms with Gasteiger partial charge in [-0.25, -0.2) is 4.79 Å². The smallest absolute Gasteiger partial charge is 0.338 e. The number of carbonyl (C=O) groups excluding carboxylic acids is 3. The van der Waals surface area contributed by atoms with Crippen LogP contribution < -0.4 is 4.90 Å². The third-order valence-corrected chi connectivity index (χ3v) is 4.67. The molecule has 2 aromatic carbocycles. The van der Waals surface area contributed by atoms with E-state index in [1.165, 1.54) is 4.90 Å². The highest BCUT2D eigenvalue weighted by atomic mass is 16.5. The molecule has 0 aromatic heterocycles. The van der Waals surface area contributed by atoms with Gasteiger partial charge in [0.05, 0.1) is 23.3 Å².